The number of phenols is 1. The molecule has 0 amide bonds. The quantitative estimate of drug-likeness (QED) is 0.238. The fraction of sp³-hybridized carbons (Fsp3) is 0.353. The molecular weight excluding hydrogens is 611 g/mol. The minimum atomic E-state index is -0.953. The first-order valence-corrected chi connectivity index (χ1v) is 15.7. The second kappa shape index (κ2) is 11.1. The highest BCUT2D eigenvalue weighted by molar-refractivity contribution is 6.02. The number of ether oxygens (including phenoxy) is 2. The summed E-state index contributed by atoms with van der Waals surface area (Å²) in [5.41, 5.74) is 6.15. The van der Waals surface area contributed by atoms with E-state index in [1.54, 1.807) is 18.3 Å². The molecule has 3 aromatic heterocycles. The molecule has 6 heterocycles. The lowest BCUT2D eigenvalue weighted by atomic mass is 9.95. The van der Waals surface area contributed by atoms with E-state index in [1.165, 1.54) is 24.3 Å². The summed E-state index contributed by atoms with van der Waals surface area (Å²) in [6.45, 7) is 3.67. The SMILES string of the molecule is C[C@H](c1cccnc1N)N1CCOc2nc(-c3cc(O)cc4cccc(F)c34)c(F)c3nc(OC[C@@]45CCCN4C[C@H](F)C5)nc1c23. The Morgan fingerprint density at radius 1 is 1.13 bits per heavy atom. The Kier molecular flexibility index (Phi) is 6.97. The number of nitrogens with two attached hydrogens (primary N) is 1. The first-order valence-electron chi connectivity index (χ1n) is 15.7. The van der Waals surface area contributed by atoms with Gasteiger partial charge in [0.15, 0.2) is 5.82 Å². The Morgan fingerprint density at radius 3 is 2.85 bits per heavy atom. The zero-order valence-corrected chi connectivity index (χ0v) is 25.6. The van der Waals surface area contributed by atoms with E-state index in [-0.39, 0.29) is 64.4 Å². The van der Waals surface area contributed by atoms with Gasteiger partial charge in [-0.1, -0.05) is 18.2 Å². The average Bonchev–Trinajstić information content (AvgIpc) is 3.51. The third-order valence-corrected chi connectivity index (χ3v) is 9.74. The van der Waals surface area contributed by atoms with Crippen molar-refractivity contribution >= 4 is 33.3 Å². The predicted molar refractivity (Wildman–Crippen MR) is 170 cm³/mol. The van der Waals surface area contributed by atoms with Crippen molar-refractivity contribution in [2.75, 3.05) is 43.5 Å². The fourth-order valence-corrected chi connectivity index (χ4v) is 7.53. The van der Waals surface area contributed by atoms with Crippen LogP contribution < -0.4 is 20.1 Å². The molecule has 2 saturated heterocycles. The van der Waals surface area contributed by atoms with Gasteiger partial charge in [-0.3, -0.25) is 4.90 Å². The summed E-state index contributed by atoms with van der Waals surface area (Å²) in [7, 11) is 0. The molecule has 242 valence electrons. The van der Waals surface area contributed by atoms with Gasteiger partial charge in [-0.05, 0) is 56.0 Å². The molecule has 0 aliphatic carbocycles. The topological polar surface area (TPSA) is 123 Å². The fourth-order valence-electron chi connectivity index (χ4n) is 7.53. The van der Waals surface area contributed by atoms with Crippen molar-refractivity contribution in [1.82, 2.24) is 24.8 Å². The number of nitrogen functional groups attached to an aromatic ring is 1. The van der Waals surface area contributed by atoms with Crippen molar-refractivity contribution in [3.63, 3.8) is 0 Å². The van der Waals surface area contributed by atoms with Gasteiger partial charge in [-0.25, -0.2) is 23.1 Å². The number of anilines is 2. The van der Waals surface area contributed by atoms with Crippen LogP contribution in [0.15, 0.2) is 48.7 Å². The number of phenolic OH excluding ortho intramolecular Hbond substituents is 1. The van der Waals surface area contributed by atoms with Gasteiger partial charge < -0.3 is 25.2 Å². The summed E-state index contributed by atoms with van der Waals surface area (Å²) in [6, 6.07) is 10.2. The molecule has 0 saturated carbocycles. The van der Waals surface area contributed by atoms with E-state index in [1.807, 2.05) is 17.9 Å². The van der Waals surface area contributed by atoms with Gasteiger partial charge in [0.1, 0.15) is 59.2 Å². The van der Waals surface area contributed by atoms with Gasteiger partial charge in [0.05, 0.1) is 18.1 Å². The molecule has 3 aliphatic heterocycles. The largest absolute Gasteiger partial charge is 0.508 e. The summed E-state index contributed by atoms with van der Waals surface area (Å²) in [4.78, 5) is 22.2. The normalized spacial score (nSPS) is 21.5. The van der Waals surface area contributed by atoms with Crippen LogP contribution in [-0.4, -0.2) is 74.5 Å². The predicted octanol–water partition coefficient (Wildman–Crippen LogP) is 5.72. The lowest BCUT2D eigenvalue weighted by molar-refractivity contribution is 0.107. The van der Waals surface area contributed by atoms with Gasteiger partial charge in [0, 0.05) is 35.7 Å². The van der Waals surface area contributed by atoms with E-state index in [0.717, 1.165) is 24.9 Å². The van der Waals surface area contributed by atoms with Crippen LogP contribution in [0.2, 0.25) is 0 Å². The molecule has 0 radical (unpaired) electrons. The molecule has 3 atom stereocenters. The average molecular weight is 644 g/mol. The van der Waals surface area contributed by atoms with Crippen LogP contribution in [-0.2, 0) is 0 Å². The van der Waals surface area contributed by atoms with Crippen molar-refractivity contribution in [2.45, 2.75) is 43.9 Å². The van der Waals surface area contributed by atoms with Crippen molar-refractivity contribution in [3.8, 4) is 28.9 Å². The van der Waals surface area contributed by atoms with E-state index in [0.29, 0.717) is 36.5 Å². The van der Waals surface area contributed by atoms with Crippen LogP contribution in [0.1, 0.15) is 37.8 Å². The van der Waals surface area contributed by atoms with Crippen LogP contribution >= 0.6 is 0 Å². The second-order valence-corrected chi connectivity index (χ2v) is 12.5. The van der Waals surface area contributed by atoms with E-state index >= 15 is 8.78 Å². The number of rotatable bonds is 6. The maximum Gasteiger partial charge on any atom is 0.319 e. The molecule has 0 spiro atoms. The Labute approximate surface area is 268 Å². The number of hydrogen-bond acceptors (Lipinski definition) is 10. The molecule has 3 N–H and O–H groups in total. The van der Waals surface area contributed by atoms with Crippen LogP contribution in [0.3, 0.4) is 0 Å². The van der Waals surface area contributed by atoms with Crippen LogP contribution in [0.5, 0.6) is 17.6 Å². The molecule has 0 unspecified atom stereocenters. The molecule has 47 heavy (non-hydrogen) atoms. The number of benzene rings is 2. The number of pyridine rings is 2. The van der Waals surface area contributed by atoms with E-state index < -0.39 is 23.3 Å². The Bertz CT molecular complexity index is 2050. The lowest BCUT2D eigenvalue weighted by Gasteiger charge is -2.32. The minimum absolute atomic E-state index is 0.0398. The van der Waals surface area contributed by atoms with Crippen molar-refractivity contribution < 1.29 is 27.8 Å². The van der Waals surface area contributed by atoms with Crippen LogP contribution in [0.4, 0.5) is 24.8 Å². The highest BCUT2D eigenvalue weighted by Crippen LogP contribution is 2.45. The standard InChI is InChI=1S/C34H32F3N7O3/c1-18(22-6-3-9-39-30(22)38)44-11-12-46-32-26-29(27(37)28(40-32)23-14-21(45)13-19-5-2-7-24(36)25(19)23)41-33(42-31(26)44)47-17-34-8-4-10-43(34)16-20(35)15-34/h2-3,5-7,9,13-14,18,20,45H,4,8,10-12,15-17H2,1H3,(H2,38,39)/t18-,20-,34+/m1/s1. The number of halogens is 3. The van der Waals surface area contributed by atoms with Gasteiger partial charge in [0.25, 0.3) is 0 Å². The Balaban J connectivity index is 1.32. The monoisotopic (exact) mass is 643 g/mol. The van der Waals surface area contributed by atoms with Crippen molar-refractivity contribution in [2.24, 2.45) is 0 Å². The summed E-state index contributed by atoms with van der Waals surface area (Å²) >= 11 is 0. The lowest BCUT2D eigenvalue weighted by Crippen LogP contribution is -2.43. The third kappa shape index (κ3) is 4.82. The highest BCUT2D eigenvalue weighted by atomic mass is 19.1. The summed E-state index contributed by atoms with van der Waals surface area (Å²) in [5, 5.41) is 11.2. The number of nitrogens with zero attached hydrogens (tertiary/aromatic N) is 6. The highest BCUT2D eigenvalue weighted by Gasteiger charge is 2.49. The molecular formula is C34H32F3N7O3. The minimum Gasteiger partial charge on any atom is -0.508 e. The van der Waals surface area contributed by atoms with E-state index in [9.17, 15) is 9.50 Å². The number of aromatic nitrogens is 4. The van der Waals surface area contributed by atoms with E-state index in [2.05, 4.69) is 19.9 Å². The number of fused-ring (bicyclic) bond motifs is 2. The summed E-state index contributed by atoms with van der Waals surface area (Å²) in [5.74, 6) is -0.945. The third-order valence-electron chi connectivity index (χ3n) is 9.74. The number of aromatic hydroxyl groups is 1. The Hall–Kier alpha value is -4.91. The molecule has 2 fully saturated rings. The molecule has 0 bridgehead atoms. The Morgan fingerprint density at radius 2 is 2.00 bits per heavy atom. The molecule has 13 heteroatoms. The molecule has 8 rings (SSSR count). The number of hydrogen-bond donors (Lipinski definition) is 2. The second-order valence-electron chi connectivity index (χ2n) is 12.5. The number of alkyl halides is 1. The first-order chi connectivity index (χ1) is 22.7. The summed E-state index contributed by atoms with van der Waals surface area (Å²) in [6.07, 6.45) is 2.69. The molecule has 2 aromatic carbocycles. The van der Waals surface area contributed by atoms with Crippen molar-refractivity contribution in [1.29, 1.82) is 0 Å². The van der Waals surface area contributed by atoms with Crippen LogP contribution in [0.25, 0.3) is 32.9 Å². The smallest absolute Gasteiger partial charge is 0.319 e. The van der Waals surface area contributed by atoms with Crippen LogP contribution in [0, 0.1) is 11.6 Å². The molecule has 3 aliphatic rings. The van der Waals surface area contributed by atoms with Gasteiger partial charge in [0.2, 0.25) is 5.88 Å². The summed E-state index contributed by atoms with van der Waals surface area (Å²) < 4.78 is 59.1. The zero-order chi connectivity index (χ0) is 32.4. The van der Waals surface area contributed by atoms with Gasteiger partial charge >= 0.3 is 6.01 Å². The first kappa shape index (κ1) is 29.5. The van der Waals surface area contributed by atoms with Crippen molar-refractivity contribution in [3.05, 3.63) is 65.9 Å². The maximum atomic E-state index is 16.9. The maximum absolute atomic E-state index is 16.9. The van der Waals surface area contributed by atoms with Gasteiger partial charge in [-0.15, -0.1) is 0 Å². The molecule has 10 nitrogen and oxygen atoms in total. The van der Waals surface area contributed by atoms with Gasteiger partial charge in [-0.2, -0.15) is 9.97 Å². The molecule has 5 aromatic rings. The zero-order valence-electron chi connectivity index (χ0n) is 25.6. The van der Waals surface area contributed by atoms with E-state index in [4.69, 9.17) is 20.2 Å².